The second-order valence-electron chi connectivity index (χ2n) is 4.73. The van der Waals surface area contributed by atoms with Crippen LogP contribution in [0.25, 0.3) is 11.4 Å². The van der Waals surface area contributed by atoms with Crippen LogP contribution < -0.4 is 5.32 Å². The Morgan fingerprint density at radius 2 is 2.44 bits per heavy atom. The predicted octanol–water partition coefficient (Wildman–Crippen LogP) is 1.77. The fourth-order valence-electron chi connectivity index (χ4n) is 2.43. The van der Waals surface area contributed by atoms with Crippen molar-refractivity contribution in [2.75, 3.05) is 13.1 Å². The maximum absolute atomic E-state index is 5.47. The van der Waals surface area contributed by atoms with Gasteiger partial charge in [-0.25, -0.2) is 0 Å². The number of nitrogens with one attached hydrogen (secondary N) is 1. The molecule has 2 aromatic heterocycles. The predicted molar refractivity (Wildman–Crippen MR) is 67.0 cm³/mol. The molecule has 3 rings (SSSR count). The van der Waals surface area contributed by atoms with Gasteiger partial charge in [-0.3, -0.25) is 4.98 Å². The molecule has 0 bridgehead atoms. The van der Waals surface area contributed by atoms with E-state index in [0.717, 1.165) is 37.4 Å². The first kappa shape index (κ1) is 11.3. The van der Waals surface area contributed by atoms with Gasteiger partial charge in [0.1, 0.15) is 0 Å². The lowest BCUT2D eigenvalue weighted by Crippen LogP contribution is -2.28. The molecule has 0 amide bonds. The minimum absolute atomic E-state index is 0.00740. The van der Waals surface area contributed by atoms with Crippen molar-refractivity contribution in [3.63, 3.8) is 0 Å². The molecule has 0 aromatic carbocycles. The summed E-state index contributed by atoms with van der Waals surface area (Å²) < 4.78 is 5.47. The average molecular weight is 244 g/mol. The van der Waals surface area contributed by atoms with Crippen LogP contribution in [0.1, 0.15) is 25.7 Å². The van der Waals surface area contributed by atoms with Crippen LogP contribution in [0, 0.1) is 0 Å². The van der Waals surface area contributed by atoms with Crippen molar-refractivity contribution in [1.29, 1.82) is 0 Å². The van der Waals surface area contributed by atoms with Crippen LogP contribution in [0.5, 0.6) is 0 Å². The summed E-state index contributed by atoms with van der Waals surface area (Å²) >= 11 is 0. The van der Waals surface area contributed by atoms with E-state index in [4.69, 9.17) is 4.52 Å². The van der Waals surface area contributed by atoms with Crippen molar-refractivity contribution >= 4 is 0 Å². The molecule has 2 aromatic rings. The summed E-state index contributed by atoms with van der Waals surface area (Å²) in [6.45, 7) is 4.09. The van der Waals surface area contributed by atoms with E-state index in [2.05, 4.69) is 27.4 Å². The quantitative estimate of drug-likeness (QED) is 0.891. The molecule has 0 saturated carbocycles. The summed E-state index contributed by atoms with van der Waals surface area (Å²) in [4.78, 5) is 8.62. The van der Waals surface area contributed by atoms with E-state index in [-0.39, 0.29) is 5.41 Å². The Morgan fingerprint density at radius 3 is 3.11 bits per heavy atom. The highest BCUT2D eigenvalue weighted by Crippen LogP contribution is 2.33. The van der Waals surface area contributed by atoms with Crippen molar-refractivity contribution in [3.05, 3.63) is 30.4 Å². The highest BCUT2D eigenvalue weighted by molar-refractivity contribution is 5.52. The Hall–Kier alpha value is -1.75. The fraction of sp³-hybridized carbons (Fsp3) is 0.462. The molecule has 1 fully saturated rings. The number of pyridine rings is 1. The van der Waals surface area contributed by atoms with Crippen molar-refractivity contribution in [2.45, 2.75) is 25.2 Å². The first-order valence-electron chi connectivity index (χ1n) is 6.29. The summed E-state index contributed by atoms with van der Waals surface area (Å²) in [6.07, 6.45) is 5.55. The Bertz CT molecular complexity index is 517. The molecule has 1 N–H and O–H groups in total. The van der Waals surface area contributed by atoms with E-state index in [9.17, 15) is 0 Å². The van der Waals surface area contributed by atoms with Crippen molar-refractivity contribution in [2.24, 2.45) is 0 Å². The molecule has 1 atom stereocenters. The summed E-state index contributed by atoms with van der Waals surface area (Å²) in [5.41, 5.74) is 0.901. The molecule has 1 unspecified atom stereocenters. The molecule has 1 saturated heterocycles. The van der Waals surface area contributed by atoms with E-state index in [1.807, 2.05) is 12.1 Å². The average Bonchev–Trinajstić information content (AvgIpc) is 3.09. The molecule has 1 aliphatic heterocycles. The van der Waals surface area contributed by atoms with Gasteiger partial charge in [-0.05, 0) is 31.5 Å². The highest BCUT2D eigenvalue weighted by atomic mass is 16.5. The second kappa shape index (κ2) is 4.49. The van der Waals surface area contributed by atoms with E-state index in [0.29, 0.717) is 5.82 Å². The monoisotopic (exact) mass is 244 g/mol. The van der Waals surface area contributed by atoms with Gasteiger partial charge in [0.15, 0.2) is 0 Å². The molecule has 18 heavy (non-hydrogen) atoms. The Morgan fingerprint density at radius 1 is 1.50 bits per heavy atom. The number of rotatable bonds is 3. The second-order valence-corrected chi connectivity index (χ2v) is 4.73. The molecule has 5 nitrogen and oxygen atoms in total. The van der Waals surface area contributed by atoms with Crippen LogP contribution in [0.2, 0.25) is 0 Å². The van der Waals surface area contributed by atoms with Crippen LogP contribution in [-0.4, -0.2) is 28.2 Å². The molecule has 1 aliphatic rings. The van der Waals surface area contributed by atoms with Crippen LogP contribution >= 0.6 is 0 Å². The SMILES string of the molecule is CCC1(c2nc(-c3cccnc3)no2)CCNC1. The van der Waals surface area contributed by atoms with Crippen LogP contribution in [-0.2, 0) is 5.41 Å². The fourth-order valence-corrected chi connectivity index (χ4v) is 2.43. The molecule has 5 heteroatoms. The zero-order valence-corrected chi connectivity index (χ0v) is 10.4. The lowest BCUT2D eigenvalue weighted by atomic mass is 9.84. The molecular weight excluding hydrogens is 228 g/mol. The van der Waals surface area contributed by atoms with Crippen molar-refractivity contribution < 1.29 is 4.52 Å². The molecular formula is C13H16N4O. The molecule has 94 valence electrons. The largest absolute Gasteiger partial charge is 0.338 e. The lowest BCUT2D eigenvalue weighted by molar-refractivity contribution is 0.285. The summed E-state index contributed by atoms with van der Waals surface area (Å²) in [5, 5.41) is 7.44. The van der Waals surface area contributed by atoms with Gasteiger partial charge in [-0.15, -0.1) is 0 Å². The normalized spacial score (nSPS) is 23.4. The first-order chi connectivity index (χ1) is 8.84. The zero-order chi connectivity index (χ0) is 12.4. The van der Waals surface area contributed by atoms with Crippen molar-refractivity contribution in [1.82, 2.24) is 20.4 Å². The van der Waals surface area contributed by atoms with E-state index >= 15 is 0 Å². The van der Waals surface area contributed by atoms with Gasteiger partial charge in [-0.1, -0.05) is 12.1 Å². The third-order valence-corrected chi connectivity index (χ3v) is 3.72. The third-order valence-electron chi connectivity index (χ3n) is 3.72. The molecule has 0 aliphatic carbocycles. The number of nitrogens with zero attached hydrogens (tertiary/aromatic N) is 3. The zero-order valence-electron chi connectivity index (χ0n) is 10.4. The minimum atomic E-state index is 0.00740. The maximum atomic E-state index is 5.47. The summed E-state index contributed by atoms with van der Waals surface area (Å²) in [6, 6.07) is 3.81. The van der Waals surface area contributed by atoms with Crippen LogP contribution in [0.4, 0.5) is 0 Å². The van der Waals surface area contributed by atoms with E-state index in [1.54, 1.807) is 12.4 Å². The summed E-state index contributed by atoms with van der Waals surface area (Å²) in [5.74, 6) is 1.37. The van der Waals surface area contributed by atoms with Gasteiger partial charge in [0.2, 0.25) is 11.7 Å². The topological polar surface area (TPSA) is 63.8 Å². The van der Waals surface area contributed by atoms with Gasteiger partial charge in [0.25, 0.3) is 0 Å². The Kier molecular flexibility index (Phi) is 2.83. The molecule has 3 heterocycles. The van der Waals surface area contributed by atoms with E-state index in [1.165, 1.54) is 0 Å². The van der Waals surface area contributed by atoms with Gasteiger partial charge in [0, 0.05) is 24.5 Å². The standard InChI is InChI=1S/C13H16N4O/c1-2-13(5-7-15-9-13)12-16-11(17-18-12)10-4-3-6-14-8-10/h3-4,6,8,15H,2,5,7,9H2,1H3. The van der Waals surface area contributed by atoms with Gasteiger partial charge < -0.3 is 9.84 Å². The molecule has 0 radical (unpaired) electrons. The smallest absolute Gasteiger partial charge is 0.234 e. The molecule has 0 spiro atoms. The maximum Gasteiger partial charge on any atom is 0.234 e. The Balaban J connectivity index is 1.94. The highest BCUT2D eigenvalue weighted by Gasteiger charge is 2.39. The van der Waals surface area contributed by atoms with Crippen LogP contribution in [0.3, 0.4) is 0 Å². The minimum Gasteiger partial charge on any atom is -0.338 e. The van der Waals surface area contributed by atoms with E-state index < -0.39 is 0 Å². The first-order valence-corrected chi connectivity index (χ1v) is 6.29. The van der Waals surface area contributed by atoms with Gasteiger partial charge in [-0.2, -0.15) is 4.98 Å². The van der Waals surface area contributed by atoms with Crippen molar-refractivity contribution in [3.8, 4) is 11.4 Å². The number of hydrogen-bond acceptors (Lipinski definition) is 5. The number of aromatic nitrogens is 3. The third kappa shape index (κ3) is 1.80. The number of hydrogen-bond donors (Lipinski definition) is 1. The van der Waals surface area contributed by atoms with Gasteiger partial charge in [0.05, 0.1) is 5.41 Å². The Labute approximate surface area is 106 Å². The van der Waals surface area contributed by atoms with Crippen LogP contribution in [0.15, 0.2) is 29.0 Å². The van der Waals surface area contributed by atoms with Gasteiger partial charge >= 0.3 is 0 Å². The lowest BCUT2D eigenvalue weighted by Gasteiger charge is -2.20. The summed E-state index contributed by atoms with van der Waals surface area (Å²) in [7, 11) is 0.